The van der Waals surface area contributed by atoms with Gasteiger partial charge in [0.15, 0.2) is 5.82 Å². The summed E-state index contributed by atoms with van der Waals surface area (Å²) in [5, 5.41) is 4.32. The number of aromatic nitrogens is 2. The van der Waals surface area contributed by atoms with Crippen molar-refractivity contribution >= 4 is 0 Å². The third-order valence-corrected chi connectivity index (χ3v) is 7.55. The molecule has 2 heterocycles. The zero-order valence-corrected chi connectivity index (χ0v) is 20.9. The van der Waals surface area contributed by atoms with Gasteiger partial charge >= 0.3 is 6.18 Å². The summed E-state index contributed by atoms with van der Waals surface area (Å²) in [6.45, 7) is 4.00. The van der Waals surface area contributed by atoms with Crippen LogP contribution >= 0.6 is 0 Å². The average Bonchev–Trinajstić information content (AvgIpc) is 3.58. The van der Waals surface area contributed by atoms with Gasteiger partial charge in [0.2, 0.25) is 5.89 Å². The number of rotatable bonds is 9. The molecule has 10 heteroatoms. The largest absolute Gasteiger partial charge is 0.497 e. The number of nitrogens with zero attached hydrogens (tertiary/aromatic N) is 4. The van der Waals surface area contributed by atoms with Crippen molar-refractivity contribution in [3.8, 4) is 5.75 Å². The van der Waals surface area contributed by atoms with E-state index in [1.807, 2.05) is 12.1 Å². The summed E-state index contributed by atoms with van der Waals surface area (Å²) in [5.74, 6) is 2.11. The lowest BCUT2D eigenvalue weighted by Gasteiger charge is -2.38. The van der Waals surface area contributed by atoms with Gasteiger partial charge in [0.1, 0.15) is 5.75 Å². The van der Waals surface area contributed by atoms with Crippen molar-refractivity contribution in [2.24, 2.45) is 5.73 Å². The molecule has 2 fully saturated rings. The highest BCUT2D eigenvalue weighted by Gasteiger charge is 2.50. The van der Waals surface area contributed by atoms with E-state index in [0.29, 0.717) is 36.8 Å². The van der Waals surface area contributed by atoms with E-state index in [0.717, 1.165) is 56.4 Å². The van der Waals surface area contributed by atoms with Crippen molar-refractivity contribution in [1.29, 1.82) is 0 Å². The maximum Gasteiger partial charge on any atom is 0.416 e. The number of hydrogen-bond acceptors (Lipinski definition) is 7. The van der Waals surface area contributed by atoms with Crippen LogP contribution in [-0.4, -0.2) is 65.8 Å². The van der Waals surface area contributed by atoms with E-state index < -0.39 is 11.7 Å². The molecule has 0 amide bonds. The first-order valence-corrected chi connectivity index (χ1v) is 12.6. The van der Waals surface area contributed by atoms with Crippen LogP contribution in [0.25, 0.3) is 0 Å². The summed E-state index contributed by atoms with van der Waals surface area (Å²) in [7, 11) is 1.65. The first kappa shape index (κ1) is 25.7. The number of halogens is 3. The van der Waals surface area contributed by atoms with E-state index in [2.05, 4.69) is 27.1 Å². The smallest absolute Gasteiger partial charge is 0.416 e. The Kier molecular flexibility index (Phi) is 7.24. The van der Waals surface area contributed by atoms with E-state index in [1.165, 1.54) is 12.1 Å². The molecule has 1 aliphatic heterocycles. The number of nitrogens with two attached hydrogens (primary N) is 1. The Morgan fingerprint density at radius 3 is 2.43 bits per heavy atom. The molecule has 3 aromatic rings. The van der Waals surface area contributed by atoms with Gasteiger partial charge in [0.05, 0.1) is 18.1 Å². The van der Waals surface area contributed by atoms with E-state index in [4.69, 9.17) is 20.0 Å². The molecule has 7 nitrogen and oxygen atoms in total. The van der Waals surface area contributed by atoms with Crippen molar-refractivity contribution in [2.75, 3.05) is 39.8 Å². The fourth-order valence-electron chi connectivity index (χ4n) is 5.16. The molecular weight excluding hydrogens is 483 g/mol. The quantitative estimate of drug-likeness (QED) is 0.464. The van der Waals surface area contributed by atoms with E-state index in [9.17, 15) is 13.2 Å². The van der Waals surface area contributed by atoms with Gasteiger partial charge in [-0.2, -0.15) is 18.2 Å². The minimum absolute atomic E-state index is 0.0557. The predicted octanol–water partition coefficient (Wildman–Crippen LogP) is 3.86. The SMILES string of the molecule is COc1ccc(C2(c3noc(CC(CN)N4CCN(Cc5cccc(C(F)(F)F)c5)CC4)n3)CC2)cc1. The van der Waals surface area contributed by atoms with Crippen LogP contribution in [0.3, 0.4) is 0 Å². The predicted molar refractivity (Wildman–Crippen MR) is 132 cm³/mol. The summed E-state index contributed by atoms with van der Waals surface area (Å²) >= 11 is 0. The molecule has 1 atom stereocenters. The number of benzene rings is 2. The zero-order valence-electron chi connectivity index (χ0n) is 20.9. The van der Waals surface area contributed by atoms with Crippen molar-refractivity contribution in [1.82, 2.24) is 19.9 Å². The molecule has 1 unspecified atom stereocenters. The molecule has 1 saturated heterocycles. The Bertz CT molecular complexity index is 1190. The maximum atomic E-state index is 13.0. The molecule has 37 heavy (non-hydrogen) atoms. The zero-order chi connectivity index (χ0) is 26.0. The first-order valence-electron chi connectivity index (χ1n) is 12.6. The second-order valence-corrected chi connectivity index (χ2v) is 9.93. The molecule has 0 spiro atoms. The van der Waals surface area contributed by atoms with Gasteiger partial charge in [0, 0.05) is 51.7 Å². The van der Waals surface area contributed by atoms with Gasteiger partial charge in [-0.3, -0.25) is 9.80 Å². The fourth-order valence-corrected chi connectivity index (χ4v) is 5.16. The Hall–Kier alpha value is -2.95. The monoisotopic (exact) mass is 515 g/mol. The number of methoxy groups -OCH3 is 1. The molecule has 1 saturated carbocycles. The van der Waals surface area contributed by atoms with E-state index in [1.54, 1.807) is 13.2 Å². The molecule has 2 N–H and O–H groups in total. The summed E-state index contributed by atoms with van der Waals surface area (Å²) < 4.78 is 50.0. The second kappa shape index (κ2) is 10.4. The molecule has 1 aliphatic carbocycles. The van der Waals surface area contributed by atoms with E-state index in [-0.39, 0.29) is 11.5 Å². The Labute approximate surface area is 214 Å². The van der Waals surface area contributed by atoms with Gasteiger partial charge in [-0.25, -0.2) is 0 Å². The maximum absolute atomic E-state index is 13.0. The van der Waals surface area contributed by atoms with Crippen molar-refractivity contribution in [3.05, 3.63) is 76.9 Å². The number of alkyl halides is 3. The Balaban J connectivity index is 1.17. The highest BCUT2D eigenvalue weighted by Crippen LogP contribution is 2.52. The topological polar surface area (TPSA) is 80.6 Å². The molecule has 0 bridgehead atoms. The summed E-state index contributed by atoms with van der Waals surface area (Å²) in [6.07, 6.45) is -1.81. The lowest BCUT2D eigenvalue weighted by atomic mass is 9.95. The van der Waals surface area contributed by atoms with Gasteiger partial charge in [-0.15, -0.1) is 0 Å². The van der Waals surface area contributed by atoms with E-state index >= 15 is 0 Å². The minimum atomic E-state index is -4.33. The molecule has 1 aromatic heterocycles. The van der Waals surface area contributed by atoms with Crippen LogP contribution in [0.15, 0.2) is 53.1 Å². The van der Waals surface area contributed by atoms with Crippen LogP contribution in [0.1, 0.15) is 41.2 Å². The number of ether oxygens (including phenoxy) is 1. The van der Waals surface area contributed by atoms with Crippen molar-refractivity contribution in [2.45, 2.75) is 43.4 Å². The van der Waals surface area contributed by atoms with Gasteiger partial charge in [0.25, 0.3) is 0 Å². The molecular formula is C27H32F3N5O2. The standard InChI is InChI=1S/C27H32F3N5O2/c1-36-23-7-5-20(6-8-23)26(9-10-26)25-32-24(37-33-25)16-22(17-31)35-13-11-34(12-14-35)18-19-3-2-4-21(15-19)27(28,29)30/h2-8,15,22H,9-14,16-18,31H2,1H3. The van der Waals surface area contributed by atoms with Crippen LogP contribution in [0, 0.1) is 0 Å². The highest BCUT2D eigenvalue weighted by molar-refractivity contribution is 5.41. The fraction of sp³-hybridized carbons (Fsp3) is 0.481. The molecule has 198 valence electrons. The van der Waals surface area contributed by atoms with Gasteiger partial charge < -0.3 is 15.0 Å². The third kappa shape index (κ3) is 5.66. The summed E-state index contributed by atoms with van der Waals surface area (Å²) in [6, 6.07) is 13.6. The Morgan fingerprint density at radius 2 is 1.81 bits per heavy atom. The lowest BCUT2D eigenvalue weighted by molar-refractivity contribution is -0.137. The highest BCUT2D eigenvalue weighted by atomic mass is 19.4. The normalized spacial score (nSPS) is 19.1. The van der Waals surface area contributed by atoms with Gasteiger partial charge in [-0.05, 0) is 42.2 Å². The summed E-state index contributed by atoms with van der Waals surface area (Å²) in [4.78, 5) is 9.24. The third-order valence-electron chi connectivity index (χ3n) is 7.55. The van der Waals surface area contributed by atoms with Crippen LogP contribution in [-0.2, 0) is 24.6 Å². The van der Waals surface area contributed by atoms with Crippen molar-refractivity contribution < 1.29 is 22.4 Å². The lowest BCUT2D eigenvalue weighted by Crippen LogP contribution is -2.52. The molecule has 5 rings (SSSR count). The molecule has 2 aromatic carbocycles. The first-order chi connectivity index (χ1) is 17.8. The number of piperazine rings is 1. The number of hydrogen-bond donors (Lipinski definition) is 1. The van der Waals surface area contributed by atoms with Crippen molar-refractivity contribution in [3.63, 3.8) is 0 Å². The van der Waals surface area contributed by atoms with Crippen LogP contribution in [0.2, 0.25) is 0 Å². The Morgan fingerprint density at radius 1 is 1.08 bits per heavy atom. The average molecular weight is 516 g/mol. The van der Waals surface area contributed by atoms with Crippen LogP contribution in [0.5, 0.6) is 5.75 Å². The second-order valence-electron chi connectivity index (χ2n) is 9.93. The minimum Gasteiger partial charge on any atom is -0.497 e. The van der Waals surface area contributed by atoms with Crippen LogP contribution < -0.4 is 10.5 Å². The van der Waals surface area contributed by atoms with Crippen LogP contribution in [0.4, 0.5) is 13.2 Å². The summed E-state index contributed by atoms with van der Waals surface area (Å²) in [5.41, 5.74) is 7.16. The van der Waals surface area contributed by atoms with Gasteiger partial charge in [-0.1, -0.05) is 35.5 Å². The molecule has 0 radical (unpaired) electrons. The molecule has 2 aliphatic rings.